The molecule has 0 aliphatic heterocycles. The molecule has 2 aromatic rings. The van der Waals surface area contributed by atoms with E-state index in [9.17, 15) is 0 Å². The summed E-state index contributed by atoms with van der Waals surface area (Å²) in [5.41, 5.74) is 0.928. The summed E-state index contributed by atoms with van der Waals surface area (Å²) < 4.78 is 11.4. The lowest BCUT2D eigenvalue weighted by Gasteiger charge is -2.22. The monoisotopic (exact) mass is 315 g/mol. The van der Waals surface area contributed by atoms with Crippen molar-refractivity contribution in [2.24, 2.45) is 0 Å². The van der Waals surface area contributed by atoms with E-state index in [1.54, 1.807) is 0 Å². The molecule has 1 heterocycles. The van der Waals surface area contributed by atoms with Gasteiger partial charge in [-0.3, -0.25) is 0 Å². The lowest BCUT2D eigenvalue weighted by Crippen LogP contribution is -2.24. The molecule has 5 nitrogen and oxygen atoms in total. The molecule has 0 radical (unpaired) electrons. The fraction of sp³-hybridized carbons (Fsp3) is 0.556. The number of nitrogens with one attached hydrogen (secondary N) is 1. The van der Waals surface area contributed by atoms with Crippen molar-refractivity contribution in [2.75, 3.05) is 7.05 Å². The Morgan fingerprint density at radius 3 is 2.65 bits per heavy atom. The van der Waals surface area contributed by atoms with E-state index in [1.165, 1.54) is 32.1 Å². The molecule has 1 atom stereocenters. The first-order chi connectivity index (χ1) is 11.2. The van der Waals surface area contributed by atoms with Crippen LogP contribution in [0, 0.1) is 0 Å². The van der Waals surface area contributed by atoms with E-state index in [-0.39, 0.29) is 0 Å². The molecular weight excluding hydrogens is 290 g/mol. The highest BCUT2D eigenvalue weighted by Crippen LogP contribution is 2.25. The van der Waals surface area contributed by atoms with Gasteiger partial charge in [0.25, 0.3) is 5.89 Å². The SMILES string of the molecule is CNC(C)Cc1noc(-c2ccc(OC3CCCCC3)cc2)n1. The number of hydrogen-bond acceptors (Lipinski definition) is 5. The van der Waals surface area contributed by atoms with E-state index in [0.717, 1.165) is 23.6 Å². The standard InChI is InChI=1S/C18H25N3O2/c1-13(19-2)12-17-20-18(23-21-17)14-8-10-16(11-9-14)22-15-6-4-3-5-7-15/h8-11,13,15,19H,3-7,12H2,1-2H3. The fourth-order valence-corrected chi connectivity index (χ4v) is 2.88. The second kappa shape index (κ2) is 7.59. The van der Waals surface area contributed by atoms with Crippen LogP contribution in [0.1, 0.15) is 44.9 Å². The van der Waals surface area contributed by atoms with E-state index in [2.05, 4.69) is 22.4 Å². The predicted octanol–water partition coefficient (Wildman–Crippen LogP) is 3.60. The van der Waals surface area contributed by atoms with Crippen molar-refractivity contribution in [2.45, 2.75) is 57.6 Å². The number of ether oxygens (including phenoxy) is 1. The smallest absolute Gasteiger partial charge is 0.257 e. The van der Waals surface area contributed by atoms with Gasteiger partial charge in [0.05, 0.1) is 6.10 Å². The highest BCUT2D eigenvalue weighted by Gasteiger charge is 2.15. The first-order valence-corrected chi connectivity index (χ1v) is 8.51. The third-order valence-corrected chi connectivity index (χ3v) is 4.41. The summed E-state index contributed by atoms with van der Waals surface area (Å²) in [6.07, 6.45) is 7.34. The average Bonchev–Trinajstić information content (AvgIpc) is 3.05. The van der Waals surface area contributed by atoms with Crippen LogP contribution in [-0.4, -0.2) is 29.3 Å². The Hall–Kier alpha value is -1.88. The molecule has 1 aliphatic rings. The largest absolute Gasteiger partial charge is 0.490 e. The normalized spacial score (nSPS) is 17.1. The quantitative estimate of drug-likeness (QED) is 0.882. The van der Waals surface area contributed by atoms with Crippen LogP contribution in [0.5, 0.6) is 5.75 Å². The van der Waals surface area contributed by atoms with Crippen LogP contribution in [0.4, 0.5) is 0 Å². The molecule has 0 spiro atoms. The summed E-state index contributed by atoms with van der Waals surface area (Å²) in [6.45, 7) is 2.09. The van der Waals surface area contributed by atoms with Gasteiger partial charge in [0.2, 0.25) is 0 Å². The van der Waals surface area contributed by atoms with Crippen molar-refractivity contribution < 1.29 is 9.26 Å². The summed E-state index contributed by atoms with van der Waals surface area (Å²) >= 11 is 0. The maximum atomic E-state index is 6.04. The highest BCUT2D eigenvalue weighted by molar-refractivity contribution is 5.54. The Morgan fingerprint density at radius 1 is 1.22 bits per heavy atom. The number of nitrogens with zero attached hydrogens (tertiary/aromatic N) is 2. The molecule has 1 aromatic heterocycles. The molecule has 0 bridgehead atoms. The first-order valence-electron chi connectivity index (χ1n) is 8.51. The van der Waals surface area contributed by atoms with Crippen molar-refractivity contribution in [1.29, 1.82) is 0 Å². The van der Waals surface area contributed by atoms with Gasteiger partial charge < -0.3 is 14.6 Å². The molecule has 5 heteroatoms. The summed E-state index contributed by atoms with van der Waals surface area (Å²) in [7, 11) is 1.93. The van der Waals surface area contributed by atoms with E-state index in [0.29, 0.717) is 18.0 Å². The fourth-order valence-electron chi connectivity index (χ4n) is 2.88. The minimum Gasteiger partial charge on any atom is -0.490 e. The van der Waals surface area contributed by atoms with Gasteiger partial charge in [0, 0.05) is 18.0 Å². The molecular formula is C18H25N3O2. The van der Waals surface area contributed by atoms with Crippen molar-refractivity contribution in [3.05, 3.63) is 30.1 Å². The third-order valence-electron chi connectivity index (χ3n) is 4.41. The van der Waals surface area contributed by atoms with Gasteiger partial charge in [-0.2, -0.15) is 4.98 Å². The molecule has 0 amide bonds. The zero-order valence-corrected chi connectivity index (χ0v) is 13.9. The van der Waals surface area contributed by atoms with Crippen molar-refractivity contribution in [3.63, 3.8) is 0 Å². The van der Waals surface area contributed by atoms with Crippen LogP contribution in [0.25, 0.3) is 11.5 Å². The Kier molecular flexibility index (Phi) is 5.28. The lowest BCUT2D eigenvalue weighted by molar-refractivity contribution is 0.155. The van der Waals surface area contributed by atoms with Crippen molar-refractivity contribution in [1.82, 2.24) is 15.5 Å². The summed E-state index contributed by atoms with van der Waals surface area (Å²) in [6, 6.07) is 8.27. The van der Waals surface area contributed by atoms with Crippen LogP contribution >= 0.6 is 0 Å². The van der Waals surface area contributed by atoms with Gasteiger partial charge >= 0.3 is 0 Å². The van der Waals surface area contributed by atoms with E-state index in [4.69, 9.17) is 9.26 Å². The molecule has 1 fully saturated rings. The van der Waals surface area contributed by atoms with Crippen LogP contribution in [0.3, 0.4) is 0 Å². The number of benzene rings is 1. The van der Waals surface area contributed by atoms with E-state index in [1.807, 2.05) is 31.3 Å². The van der Waals surface area contributed by atoms with Crippen molar-refractivity contribution in [3.8, 4) is 17.2 Å². The molecule has 1 saturated carbocycles. The minimum absolute atomic E-state index is 0.326. The highest BCUT2D eigenvalue weighted by atomic mass is 16.5. The van der Waals surface area contributed by atoms with Gasteiger partial charge in [-0.15, -0.1) is 0 Å². The topological polar surface area (TPSA) is 60.2 Å². The summed E-state index contributed by atoms with van der Waals surface area (Å²) in [4.78, 5) is 4.46. The van der Waals surface area contributed by atoms with Crippen LogP contribution < -0.4 is 10.1 Å². The number of aromatic nitrogens is 2. The summed E-state index contributed by atoms with van der Waals surface area (Å²) in [5.74, 6) is 2.21. The predicted molar refractivity (Wildman–Crippen MR) is 89.5 cm³/mol. The molecule has 0 saturated heterocycles. The molecule has 1 N–H and O–H groups in total. The number of likely N-dealkylation sites (N-methyl/N-ethyl adjacent to an activating group) is 1. The van der Waals surface area contributed by atoms with Crippen LogP contribution in [-0.2, 0) is 6.42 Å². The summed E-state index contributed by atoms with van der Waals surface area (Å²) in [5, 5.41) is 7.21. The Balaban J connectivity index is 1.62. The minimum atomic E-state index is 0.326. The molecule has 1 aromatic carbocycles. The van der Waals surface area contributed by atoms with Gasteiger partial charge in [-0.05, 0) is 63.9 Å². The van der Waals surface area contributed by atoms with Gasteiger partial charge in [-0.1, -0.05) is 11.6 Å². The second-order valence-corrected chi connectivity index (χ2v) is 6.31. The van der Waals surface area contributed by atoms with E-state index < -0.39 is 0 Å². The molecule has 23 heavy (non-hydrogen) atoms. The van der Waals surface area contributed by atoms with Gasteiger partial charge in [-0.25, -0.2) is 0 Å². The van der Waals surface area contributed by atoms with Gasteiger partial charge in [0.15, 0.2) is 5.82 Å². The third kappa shape index (κ3) is 4.32. The second-order valence-electron chi connectivity index (χ2n) is 6.31. The Bertz CT molecular complexity index is 603. The first kappa shape index (κ1) is 16.0. The number of hydrogen-bond donors (Lipinski definition) is 1. The zero-order chi connectivity index (χ0) is 16.1. The van der Waals surface area contributed by atoms with Crippen LogP contribution in [0.2, 0.25) is 0 Å². The van der Waals surface area contributed by atoms with Crippen molar-refractivity contribution >= 4 is 0 Å². The van der Waals surface area contributed by atoms with Crippen LogP contribution in [0.15, 0.2) is 28.8 Å². The molecule has 1 unspecified atom stereocenters. The molecule has 3 rings (SSSR count). The van der Waals surface area contributed by atoms with E-state index >= 15 is 0 Å². The lowest BCUT2D eigenvalue weighted by atomic mass is 9.98. The molecule has 1 aliphatic carbocycles. The zero-order valence-electron chi connectivity index (χ0n) is 13.9. The molecule has 124 valence electrons. The Morgan fingerprint density at radius 2 is 1.96 bits per heavy atom. The Labute approximate surface area is 137 Å². The average molecular weight is 315 g/mol. The maximum Gasteiger partial charge on any atom is 0.257 e. The number of rotatable bonds is 6. The maximum absolute atomic E-state index is 6.04. The van der Waals surface area contributed by atoms with Gasteiger partial charge in [0.1, 0.15) is 5.75 Å².